The number of anilines is 2. The fraction of sp³-hybridized carbons (Fsp3) is 0.158. The standard InChI is InChI=1S/C19H17ClFN5O2S/c1-11-18(23-19(29)22-13-5-3-6-14(9-13)26(27)28)12(2)25(24-11)10-15-16(20)7-4-8-17(15)21/h3-9H,10H2,1-2H3,(H2,22,23,29). The zero-order valence-corrected chi connectivity index (χ0v) is 17.1. The largest absolute Gasteiger partial charge is 0.332 e. The Balaban J connectivity index is 1.77. The zero-order valence-electron chi connectivity index (χ0n) is 15.6. The van der Waals surface area contributed by atoms with Gasteiger partial charge in [-0.15, -0.1) is 0 Å². The first-order valence-corrected chi connectivity index (χ1v) is 9.34. The number of hydrogen-bond acceptors (Lipinski definition) is 4. The van der Waals surface area contributed by atoms with Crippen LogP contribution in [0.4, 0.5) is 21.5 Å². The molecule has 0 aliphatic carbocycles. The van der Waals surface area contributed by atoms with Crippen molar-refractivity contribution in [2.45, 2.75) is 20.4 Å². The molecule has 3 aromatic rings. The van der Waals surface area contributed by atoms with E-state index in [0.29, 0.717) is 27.7 Å². The van der Waals surface area contributed by atoms with Crippen LogP contribution in [0.15, 0.2) is 42.5 Å². The van der Waals surface area contributed by atoms with Crippen LogP contribution in [-0.2, 0) is 6.54 Å². The van der Waals surface area contributed by atoms with Crippen molar-refractivity contribution in [1.82, 2.24) is 9.78 Å². The number of hydrogen-bond donors (Lipinski definition) is 2. The van der Waals surface area contributed by atoms with Gasteiger partial charge in [0.2, 0.25) is 0 Å². The predicted octanol–water partition coefficient (Wildman–Crippen LogP) is 5.06. The maximum Gasteiger partial charge on any atom is 0.271 e. The molecule has 0 aliphatic heterocycles. The molecule has 0 spiro atoms. The molecule has 0 bridgehead atoms. The maximum atomic E-state index is 14.1. The summed E-state index contributed by atoms with van der Waals surface area (Å²) in [5, 5.41) is 21.9. The van der Waals surface area contributed by atoms with E-state index in [1.807, 2.05) is 6.92 Å². The molecule has 1 heterocycles. The van der Waals surface area contributed by atoms with Crippen molar-refractivity contribution >= 4 is 46.0 Å². The maximum absolute atomic E-state index is 14.1. The number of halogens is 2. The SMILES string of the molecule is Cc1nn(Cc2c(F)cccc2Cl)c(C)c1NC(=S)Nc1cccc([N+](=O)[O-])c1. The summed E-state index contributed by atoms with van der Waals surface area (Å²) in [6.45, 7) is 3.79. The Morgan fingerprint density at radius 1 is 1.28 bits per heavy atom. The molecule has 0 radical (unpaired) electrons. The molecule has 0 unspecified atom stereocenters. The Morgan fingerprint density at radius 2 is 2.00 bits per heavy atom. The van der Waals surface area contributed by atoms with E-state index in [4.69, 9.17) is 23.8 Å². The number of nitro benzene ring substituents is 1. The van der Waals surface area contributed by atoms with Gasteiger partial charge in [-0.25, -0.2) is 4.39 Å². The molecular weight excluding hydrogens is 417 g/mol. The molecular formula is C19H17ClFN5O2S. The molecule has 0 saturated heterocycles. The number of aryl methyl sites for hydroxylation is 1. The average Bonchev–Trinajstić information content (AvgIpc) is 2.92. The summed E-state index contributed by atoms with van der Waals surface area (Å²) in [6, 6.07) is 10.5. The molecule has 0 fully saturated rings. The minimum atomic E-state index is -0.478. The summed E-state index contributed by atoms with van der Waals surface area (Å²) in [4.78, 5) is 10.4. The molecule has 29 heavy (non-hydrogen) atoms. The van der Waals surface area contributed by atoms with Crippen LogP contribution in [0.1, 0.15) is 17.0 Å². The van der Waals surface area contributed by atoms with E-state index in [9.17, 15) is 14.5 Å². The van der Waals surface area contributed by atoms with Crippen LogP contribution in [0.3, 0.4) is 0 Å². The summed E-state index contributed by atoms with van der Waals surface area (Å²) < 4.78 is 15.7. The second-order valence-electron chi connectivity index (χ2n) is 6.29. The van der Waals surface area contributed by atoms with Gasteiger partial charge in [0.1, 0.15) is 5.82 Å². The van der Waals surface area contributed by atoms with Crippen molar-refractivity contribution in [1.29, 1.82) is 0 Å². The Labute approximate surface area is 176 Å². The monoisotopic (exact) mass is 433 g/mol. The van der Waals surface area contributed by atoms with E-state index in [-0.39, 0.29) is 17.3 Å². The van der Waals surface area contributed by atoms with Crippen LogP contribution < -0.4 is 10.6 Å². The number of aromatic nitrogens is 2. The molecule has 0 aliphatic rings. The number of nitrogens with zero attached hydrogens (tertiary/aromatic N) is 3. The molecule has 0 amide bonds. The summed E-state index contributed by atoms with van der Waals surface area (Å²) in [5.41, 5.74) is 2.87. The molecule has 1 aromatic heterocycles. The summed E-state index contributed by atoms with van der Waals surface area (Å²) >= 11 is 11.4. The highest BCUT2D eigenvalue weighted by atomic mass is 35.5. The third-order valence-corrected chi connectivity index (χ3v) is 4.86. The third-order valence-electron chi connectivity index (χ3n) is 4.30. The van der Waals surface area contributed by atoms with Crippen LogP contribution in [0.2, 0.25) is 5.02 Å². The average molecular weight is 434 g/mol. The van der Waals surface area contributed by atoms with Crippen molar-refractivity contribution in [3.63, 3.8) is 0 Å². The minimum absolute atomic E-state index is 0.0419. The highest BCUT2D eigenvalue weighted by Gasteiger charge is 2.16. The number of non-ortho nitro benzene ring substituents is 1. The van der Waals surface area contributed by atoms with Crippen molar-refractivity contribution in [3.05, 3.63) is 80.4 Å². The highest BCUT2D eigenvalue weighted by molar-refractivity contribution is 7.80. The molecule has 10 heteroatoms. The number of rotatable bonds is 5. The number of nitro groups is 1. The number of nitrogens with one attached hydrogen (secondary N) is 2. The summed E-state index contributed by atoms with van der Waals surface area (Å²) in [7, 11) is 0. The normalized spacial score (nSPS) is 10.6. The molecule has 0 saturated carbocycles. The first kappa shape index (κ1) is 20.7. The van der Waals surface area contributed by atoms with Gasteiger partial charge in [0.25, 0.3) is 5.69 Å². The van der Waals surface area contributed by atoms with Crippen molar-refractivity contribution in [2.24, 2.45) is 0 Å². The lowest BCUT2D eigenvalue weighted by atomic mass is 10.2. The van der Waals surface area contributed by atoms with E-state index < -0.39 is 10.7 Å². The summed E-state index contributed by atoms with van der Waals surface area (Å²) in [6.07, 6.45) is 0. The lowest BCUT2D eigenvalue weighted by Crippen LogP contribution is -2.20. The van der Waals surface area contributed by atoms with Gasteiger partial charge in [0.05, 0.1) is 28.5 Å². The molecule has 2 aromatic carbocycles. The zero-order chi connectivity index (χ0) is 21.1. The van der Waals surface area contributed by atoms with Gasteiger partial charge >= 0.3 is 0 Å². The Morgan fingerprint density at radius 3 is 2.69 bits per heavy atom. The quantitative estimate of drug-likeness (QED) is 0.332. The lowest BCUT2D eigenvalue weighted by Gasteiger charge is -2.12. The smallest absolute Gasteiger partial charge is 0.271 e. The lowest BCUT2D eigenvalue weighted by molar-refractivity contribution is -0.384. The van der Waals surface area contributed by atoms with Crippen LogP contribution in [0.25, 0.3) is 0 Å². The number of benzene rings is 2. The Kier molecular flexibility index (Phi) is 6.09. The van der Waals surface area contributed by atoms with E-state index in [1.54, 1.807) is 35.9 Å². The van der Waals surface area contributed by atoms with Crippen LogP contribution >= 0.6 is 23.8 Å². The summed E-state index contributed by atoms with van der Waals surface area (Å²) in [5.74, 6) is -0.401. The van der Waals surface area contributed by atoms with Gasteiger partial charge in [0, 0.05) is 28.4 Å². The van der Waals surface area contributed by atoms with Crippen molar-refractivity contribution in [3.8, 4) is 0 Å². The van der Waals surface area contributed by atoms with E-state index in [1.165, 1.54) is 18.2 Å². The van der Waals surface area contributed by atoms with Gasteiger partial charge in [-0.2, -0.15) is 5.10 Å². The second-order valence-corrected chi connectivity index (χ2v) is 7.11. The number of thiocarbonyl (C=S) groups is 1. The highest BCUT2D eigenvalue weighted by Crippen LogP contribution is 2.25. The molecule has 0 atom stereocenters. The Bertz CT molecular complexity index is 1080. The second kappa shape index (κ2) is 8.54. The van der Waals surface area contributed by atoms with E-state index in [0.717, 1.165) is 5.69 Å². The van der Waals surface area contributed by atoms with Crippen molar-refractivity contribution in [2.75, 3.05) is 10.6 Å². The minimum Gasteiger partial charge on any atom is -0.332 e. The van der Waals surface area contributed by atoms with Gasteiger partial charge in [-0.3, -0.25) is 14.8 Å². The first-order valence-electron chi connectivity index (χ1n) is 8.55. The molecule has 3 rings (SSSR count). The van der Waals surface area contributed by atoms with Crippen LogP contribution in [-0.4, -0.2) is 19.8 Å². The first-order chi connectivity index (χ1) is 13.8. The van der Waals surface area contributed by atoms with E-state index >= 15 is 0 Å². The van der Waals surface area contributed by atoms with E-state index in [2.05, 4.69) is 15.7 Å². The van der Waals surface area contributed by atoms with Gasteiger partial charge in [0.15, 0.2) is 5.11 Å². The predicted molar refractivity (Wildman–Crippen MR) is 115 cm³/mol. The van der Waals surface area contributed by atoms with Gasteiger partial charge in [-0.1, -0.05) is 23.7 Å². The molecule has 2 N–H and O–H groups in total. The fourth-order valence-electron chi connectivity index (χ4n) is 2.84. The third kappa shape index (κ3) is 4.69. The van der Waals surface area contributed by atoms with Crippen LogP contribution in [0.5, 0.6) is 0 Å². The van der Waals surface area contributed by atoms with Crippen molar-refractivity contribution < 1.29 is 9.31 Å². The van der Waals surface area contributed by atoms with Crippen LogP contribution in [0, 0.1) is 29.8 Å². The van der Waals surface area contributed by atoms with Gasteiger partial charge < -0.3 is 10.6 Å². The molecule has 7 nitrogen and oxygen atoms in total. The fourth-order valence-corrected chi connectivity index (χ4v) is 3.28. The van der Waals surface area contributed by atoms with Gasteiger partial charge in [-0.05, 0) is 44.3 Å². The topological polar surface area (TPSA) is 85.0 Å². The Hall–Kier alpha value is -3.04. The molecule has 150 valence electrons.